The van der Waals surface area contributed by atoms with Gasteiger partial charge in [-0.05, 0) is 57.6 Å². The van der Waals surface area contributed by atoms with Crippen LogP contribution in [0.2, 0.25) is 0 Å². The van der Waals surface area contributed by atoms with E-state index in [0.29, 0.717) is 23.9 Å². The molecule has 0 spiro atoms. The lowest BCUT2D eigenvalue weighted by Crippen LogP contribution is -2.47. The van der Waals surface area contributed by atoms with Crippen LogP contribution in [0.4, 0.5) is 0 Å². The average molecular weight is 394 g/mol. The Morgan fingerprint density at radius 3 is 2.34 bits per heavy atom. The van der Waals surface area contributed by atoms with Crippen molar-refractivity contribution in [1.82, 2.24) is 19.6 Å². The summed E-state index contributed by atoms with van der Waals surface area (Å²) in [5.41, 5.74) is 10.5. The van der Waals surface area contributed by atoms with Crippen molar-refractivity contribution in [3.8, 4) is 5.69 Å². The van der Waals surface area contributed by atoms with Crippen LogP contribution in [0.1, 0.15) is 36.7 Å². The summed E-state index contributed by atoms with van der Waals surface area (Å²) in [6, 6.07) is 11.3. The first-order valence-corrected chi connectivity index (χ1v) is 10.9. The summed E-state index contributed by atoms with van der Waals surface area (Å²) in [5, 5.41) is 4.82. The lowest BCUT2D eigenvalue weighted by atomic mass is 9.82. The van der Waals surface area contributed by atoms with E-state index in [1.165, 1.54) is 24.1 Å². The molecule has 3 aliphatic rings. The Kier molecular flexibility index (Phi) is 4.51. The van der Waals surface area contributed by atoms with Crippen LogP contribution in [0.3, 0.4) is 0 Å². The molecule has 2 N–H and O–H groups in total. The van der Waals surface area contributed by atoms with Crippen LogP contribution >= 0.6 is 0 Å². The largest absolute Gasteiger partial charge is 0.368 e. The maximum Gasteiger partial charge on any atom is 0.234 e. The van der Waals surface area contributed by atoms with Gasteiger partial charge in [-0.1, -0.05) is 18.2 Å². The third-order valence-electron chi connectivity index (χ3n) is 7.68. The number of carbonyl (C=O) groups excluding carboxylic acids is 1. The second kappa shape index (κ2) is 6.96. The van der Waals surface area contributed by atoms with Crippen LogP contribution in [0.25, 0.3) is 5.69 Å². The van der Waals surface area contributed by atoms with Crippen LogP contribution < -0.4 is 5.73 Å². The van der Waals surface area contributed by atoms with Gasteiger partial charge >= 0.3 is 0 Å². The van der Waals surface area contributed by atoms with Gasteiger partial charge in [0.15, 0.2) is 0 Å². The summed E-state index contributed by atoms with van der Waals surface area (Å²) in [7, 11) is 0. The predicted molar refractivity (Wildman–Crippen MR) is 113 cm³/mol. The first-order valence-electron chi connectivity index (χ1n) is 10.9. The first-order chi connectivity index (χ1) is 14.0. The Labute approximate surface area is 172 Å². The van der Waals surface area contributed by atoms with E-state index < -0.39 is 0 Å². The number of amides is 1. The summed E-state index contributed by atoms with van der Waals surface area (Å²) in [4.78, 5) is 16.8. The topological polar surface area (TPSA) is 67.4 Å². The molecule has 1 unspecified atom stereocenters. The Bertz CT molecular complexity index is 903. The highest BCUT2D eigenvalue weighted by molar-refractivity contribution is 5.79. The van der Waals surface area contributed by atoms with Gasteiger partial charge in [-0.2, -0.15) is 5.10 Å². The Hall–Kier alpha value is -2.18. The molecule has 1 amide bonds. The van der Waals surface area contributed by atoms with Crippen LogP contribution in [0.5, 0.6) is 0 Å². The van der Waals surface area contributed by atoms with Gasteiger partial charge in [0.1, 0.15) is 0 Å². The molecule has 0 aliphatic carbocycles. The molecule has 6 nitrogen and oxygen atoms in total. The Balaban J connectivity index is 1.33. The van der Waals surface area contributed by atoms with E-state index in [1.807, 2.05) is 13.0 Å². The fourth-order valence-corrected chi connectivity index (χ4v) is 6.31. The number of aromatic nitrogens is 2. The fraction of sp³-hybridized carbons (Fsp3) is 0.565. The Morgan fingerprint density at radius 2 is 1.76 bits per heavy atom. The normalized spacial score (nSPS) is 30.0. The van der Waals surface area contributed by atoms with Crippen LogP contribution in [-0.2, 0) is 11.3 Å². The van der Waals surface area contributed by atoms with Gasteiger partial charge in [0.2, 0.25) is 5.91 Å². The Morgan fingerprint density at radius 1 is 1.14 bits per heavy atom. The molecule has 2 bridgehead atoms. The maximum absolute atomic E-state index is 11.8. The number of hydrogen-bond donors (Lipinski definition) is 1. The molecule has 1 aromatic heterocycles. The third kappa shape index (κ3) is 2.92. The molecule has 154 valence electrons. The lowest BCUT2D eigenvalue weighted by molar-refractivity contribution is -0.123. The van der Waals surface area contributed by atoms with Gasteiger partial charge in [-0.15, -0.1) is 0 Å². The number of nitrogens with two attached hydrogens (primary N) is 1. The van der Waals surface area contributed by atoms with Gasteiger partial charge in [-0.3, -0.25) is 14.6 Å². The second-order valence-corrected chi connectivity index (χ2v) is 9.16. The van der Waals surface area contributed by atoms with E-state index in [9.17, 15) is 4.79 Å². The highest BCUT2D eigenvalue weighted by atomic mass is 16.1. The SMILES string of the molecule is Cc1nn(-c2ccccc2)c(C)c1CN1C[C@@H]2[C@H](C1)[C@@H]1CC[C@H]2N1C(C)C(N)=O. The third-order valence-corrected chi connectivity index (χ3v) is 7.68. The standard InChI is InChI=1S/C23H31N5O/c1-14-18(15(2)28(25-14)17-7-5-4-6-8-17)11-26-12-19-20(13-26)22-10-9-21(19)27(22)16(3)23(24)29/h4-8,16,19-22H,9-13H2,1-3H3,(H2,24,29)/t16?,19-,20+,21-,22+. The number of nitrogens with zero attached hydrogens (tertiary/aromatic N) is 4. The molecule has 5 atom stereocenters. The van der Waals surface area contributed by atoms with Crippen molar-refractivity contribution in [3.63, 3.8) is 0 Å². The molecule has 29 heavy (non-hydrogen) atoms. The zero-order chi connectivity index (χ0) is 20.3. The number of rotatable bonds is 5. The molecule has 3 fully saturated rings. The second-order valence-electron chi connectivity index (χ2n) is 9.16. The highest BCUT2D eigenvalue weighted by Crippen LogP contribution is 2.50. The molecule has 1 aromatic carbocycles. The summed E-state index contributed by atoms with van der Waals surface area (Å²) in [6.07, 6.45) is 2.42. The van der Waals surface area contributed by atoms with Crippen LogP contribution in [0, 0.1) is 25.7 Å². The lowest BCUT2D eigenvalue weighted by Gasteiger charge is -2.30. The molecule has 5 rings (SSSR count). The fourth-order valence-electron chi connectivity index (χ4n) is 6.31. The summed E-state index contributed by atoms with van der Waals surface area (Å²) >= 11 is 0. The quantitative estimate of drug-likeness (QED) is 0.846. The molecule has 0 saturated carbocycles. The maximum atomic E-state index is 11.8. The van der Waals surface area contributed by atoms with Gasteiger partial charge in [0.05, 0.1) is 17.4 Å². The predicted octanol–water partition coefficient (Wildman–Crippen LogP) is 2.26. The van der Waals surface area contributed by atoms with Crippen molar-refractivity contribution in [2.24, 2.45) is 17.6 Å². The number of primary amides is 1. The van der Waals surface area contributed by atoms with E-state index >= 15 is 0 Å². The molecular formula is C23H31N5O. The number of para-hydroxylation sites is 1. The smallest absolute Gasteiger partial charge is 0.234 e. The van der Waals surface area contributed by atoms with E-state index in [2.05, 4.69) is 52.6 Å². The zero-order valence-electron chi connectivity index (χ0n) is 17.6. The molecule has 6 heteroatoms. The van der Waals surface area contributed by atoms with E-state index in [1.54, 1.807) is 0 Å². The number of fused-ring (bicyclic) bond motifs is 5. The minimum absolute atomic E-state index is 0.139. The zero-order valence-corrected chi connectivity index (χ0v) is 17.6. The van der Waals surface area contributed by atoms with E-state index in [4.69, 9.17) is 10.8 Å². The summed E-state index contributed by atoms with van der Waals surface area (Å²) in [5.74, 6) is 1.15. The first kappa shape index (κ1) is 18.8. The van der Waals surface area contributed by atoms with Crippen molar-refractivity contribution in [2.45, 2.75) is 58.3 Å². The molecule has 3 saturated heterocycles. The summed E-state index contributed by atoms with van der Waals surface area (Å²) in [6.45, 7) is 9.48. The number of hydrogen-bond acceptors (Lipinski definition) is 4. The average Bonchev–Trinajstić information content (AvgIpc) is 3.44. The number of benzene rings is 1. The van der Waals surface area contributed by atoms with Crippen molar-refractivity contribution >= 4 is 5.91 Å². The van der Waals surface area contributed by atoms with Crippen LogP contribution in [0.15, 0.2) is 30.3 Å². The van der Waals surface area contributed by atoms with Gasteiger partial charge in [-0.25, -0.2) is 4.68 Å². The van der Waals surface area contributed by atoms with Crippen molar-refractivity contribution in [1.29, 1.82) is 0 Å². The number of aryl methyl sites for hydroxylation is 1. The minimum atomic E-state index is -0.182. The van der Waals surface area contributed by atoms with E-state index in [0.717, 1.165) is 31.0 Å². The van der Waals surface area contributed by atoms with Crippen molar-refractivity contribution < 1.29 is 4.79 Å². The minimum Gasteiger partial charge on any atom is -0.368 e. The number of likely N-dealkylation sites (tertiary alicyclic amines) is 1. The molecule has 2 aromatic rings. The van der Waals surface area contributed by atoms with Gasteiger partial charge in [0, 0.05) is 43.0 Å². The van der Waals surface area contributed by atoms with Gasteiger partial charge in [0.25, 0.3) is 0 Å². The monoisotopic (exact) mass is 393 g/mol. The molecular weight excluding hydrogens is 362 g/mol. The van der Waals surface area contributed by atoms with Gasteiger partial charge < -0.3 is 5.73 Å². The summed E-state index contributed by atoms with van der Waals surface area (Å²) < 4.78 is 2.07. The highest BCUT2D eigenvalue weighted by Gasteiger charge is 2.57. The number of carbonyl (C=O) groups is 1. The van der Waals surface area contributed by atoms with Crippen molar-refractivity contribution in [2.75, 3.05) is 13.1 Å². The van der Waals surface area contributed by atoms with Crippen molar-refractivity contribution in [3.05, 3.63) is 47.3 Å². The van der Waals surface area contributed by atoms with Crippen LogP contribution in [-0.4, -0.2) is 56.7 Å². The molecule has 4 heterocycles. The molecule has 3 aliphatic heterocycles. The van der Waals surface area contributed by atoms with E-state index in [-0.39, 0.29) is 11.9 Å². The molecule has 0 radical (unpaired) electrons.